The maximum atomic E-state index is 13.9. The number of hydrogen-bond acceptors (Lipinski definition) is 5. The van der Waals surface area contributed by atoms with Gasteiger partial charge in [0.1, 0.15) is 11.2 Å². The highest BCUT2D eigenvalue weighted by atomic mass is 16.5. The summed E-state index contributed by atoms with van der Waals surface area (Å²) in [5, 5.41) is 3.24. The molecular formula is C27H35N3O5. The Morgan fingerprint density at radius 3 is 2.46 bits per heavy atom. The first-order valence-corrected chi connectivity index (χ1v) is 12.4. The van der Waals surface area contributed by atoms with Crippen molar-refractivity contribution in [2.45, 2.75) is 71.0 Å². The molecule has 1 aliphatic carbocycles. The number of ether oxygens (including phenoxy) is 2. The molecule has 1 unspecified atom stereocenters. The van der Waals surface area contributed by atoms with E-state index in [1.54, 1.807) is 49.6 Å². The number of nitrogens with zero attached hydrogens (tertiary/aromatic N) is 2. The zero-order chi connectivity index (χ0) is 25.2. The van der Waals surface area contributed by atoms with E-state index in [-0.39, 0.29) is 17.9 Å². The van der Waals surface area contributed by atoms with Gasteiger partial charge in [0.05, 0.1) is 32.5 Å². The van der Waals surface area contributed by atoms with Gasteiger partial charge in [-0.25, -0.2) is 0 Å². The molecule has 1 fully saturated rings. The van der Waals surface area contributed by atoms with Crippen LogP contribution in [0, 0.1) is 0 Å². The van der Waals surface area contributed by atoms with Crippen LogP contribution in [0.25, 0.3) is 11.1 Å². The second-order valence-corrected chi connectivity index (χ2v) is 9.05. The number of carbonyl (C=O) groups excluding carboxylic acids is 2. The van der Waals surface area contributed by atoms with Gasteiger partial charge < -0.3 is 23.8 Å². The van der Waals surface area contributed by atoms with E-state index in [0.29, 0.717) is 35.0 Å². The zero-order valence-electron chi connectivity index (χ0n) is 21.2. The van der Waals surface area contributed by atoms with Crippen LogP contribution in [0.5, 0.6) is 11.5 Å². The van der Waals surface area contributed by atoms with Crippen LogP contribution in [-0.4, -0.2) is 42.2 Å². The standard InChI is InChI=1S/C25H29N3O5.C2H6/c1-25(24(30)26-16-7-5-4-6-8-16)15-27-18-11-12-33-21(18)14-19(27)23(29)28(25)17-9-10-20(31-2)22(13-17)32-3;1-2/h9-14,16H,4-8,15H2,1-3H3,(H,26,30);1-2H3. The van der Waals surface area contributed by atoms with E-state index in [1.165, 1.54) is 6.42 Å². The molecule has 188 valence electrons. The van der Waals surface area contributed by atoms with Crippen molar-refractivity contribution >= 4 is 28.6 Å². The Balaban J connectivity index is 0.00000141. The van der Waals surface area contributed by atoms with Crippen LogP contribution in [0.1, 0.15) is 63.4 Å². The number of rotatable bonds is 5. The molecular weight excluding hydrogens is 446 g/mol. The number of nitrogens with one attached hydrogen (secondary N) is 1. The SMILES string of the molecule is CC.COc1ccc(N2C(=O)c3cc4occc4n3CC2(C)C(=O)NC2CCCCC2)cc1OC. The Labute approximate surface area is 206 Å². The topological polar surface area (TPSA) is 85.9 Å². The molecule has 2 aliphatic rings. The Bertz CT molecular complexity index is 1210. The van der Waals surface area contributed by atoms with Gasteiger partial charge in [0.2, 0.25) is 5.91 Å². The van der Waals surface area contributed by atoms with Crippen molar-refractivity contribution in [3.8, 4) is 11.5 Å². The Morgan fingerprint density at radius 1 is 1.06 bits per heavy atom. The maximum absolute atomic E-state index is 13.9. The summed E-state index contributed by atoms with van der Waals surface area (Å²) in [7, 11) is 3.11. The fourth-order valence-electron chi connectivity index (χ4n) is 5.17. The lowest BCUT2D eigenvalue weighted by atomic mass is 9.91. The fourth-order valence-corrected chi connectivity index (χ4v) is 5.17. The van der Waals surface area contributed by atoms with Gasteiger partial charge >= 0.3 is 0 Å². The second-order valence-electron chi connectivity index (χ2n) is 9.05. The van der Waals surface area contributed by atoms with Crippen LogP contribution in [0.3, 0.4) is 0 Å². The van der Waals surface area contributed by atoms with E-state index < -0.39 is 5.54 Å². The summed E-state index contributed by atoms with van der Waals surface area (Å²) in [6.45, 7) is 6.14. The number of amides is 2. The highest BCUT2D eigenvalue weighted by Crippen LogP contribution is 2.39. The highest BCUT2D eigenvalue weighted by Gasteiger charge is 2.49. The average Bonchev–Trinajstić information content (AvgIpc) is 3.48. The molecule has 3 aromatic rings. The Morgan fingerprint density at radius 2 is 1.77 bits per heavy atom. The summed E-state index contributed by atoms with van der Waals surface area (Å²) >= 11 is 0. The smallest absolute Gasteiger partial charge is 0.276 e. The number of methoxy groups -OCH3 is 2. The van der Waals surface area contributed by atoms with E-state index in [1.807, 2.05) is 31.4 Å². The molecule has 0 radical (unpaired) electrons. The molecule has 8 nitrogen and oxygen atoms in total. The summed E-state index contributed by atoms with van der Waals surface area (Å²) < 4.78 is 18.3. The van der Waals surface area contributed by atoms with Gasteiger partial charge in [-0.2, -0.15) is 0 Å². The highest BCUT2D eigenvalue weighted by molar-refractivity contribution is 6.13. The minimum atomic E-state index is -1.15. The quantitative estimate of drug-likeness (QED) is 0.545. The normalized spacial score (nSPS) is 20.1. The molecule has 35 heavy (non-hydrogen) atoms. The number of furan rings is 1. The second kappa shape index (κ2) is 10.1. The number of benzene rings is 1. The molecule has 1 N–H and O–H groups in total. The molecule has 0 saturated heterocycles. The van der Waals surface area contributed by atoms with Crippen LogP contribution >= 0.6 is 0 Å². The predicted molar refractivity (Wildman–Crippen MR) is 135 cm³/mol. The van der Waals surface area contributed by atoms with Crippen molar-refractivity contribution in [3.63, 3.8) is 0 Å². The van der Waals surface area contributed by atoms with Crippen molar-refractivity contribution in [1.29, 1.82) is 0 Å². The van der Waals surface area contributed by atoms with Crippen LogP contribution in [0.4, 0.5) is 5.69 Å². The van der Waals surface area contributed by atoms with Crippen molar-refractivity contribution in [2.75, 3.05) is 19.1 Å². The largest absolute Gasteiger partial charge is 0.493 e. The molecule has 0 bridgehead atoms. The van der Waals surface area contributed by atoms with Crippen molar-refractivity contribution < 1.29 is 23.5 Å². The van der Waals surface area contributed by atoms with Crippen LogP contribution in [0.15, 0.2) is 41.0 Å². The molecule has 3 heterocycles. The van der Waals surface area contributed by atoms with Crippen molar-refractivity contribution in [2.24, 2.45) is 0 Å². The molecule has 2 amide bonds. The minimum Gasteiger partial charge on any atom is -0.493 e. The molecule has 1 aromatic carbocycles. The summed E-state index contributed by atoms with van der Waals surface area (Å²) in [6, 6.07) is 8.98. The molecule has 0 spiro atoms. The fraction of sp³-hybridized carbons (Fsp3) is 0.481. The minimum absolute atomic E-state index is 0.130. The summed E-state index contributed by atoms with van der Waals surface area (Å²) in [5.74, 6) is 0.627. The van der Waals surface area contributed by atoms with Gasteiger partial charge in [-0.05, 0) is 31.9 Å². The molecule has 2 aromatic heterocycles. The van der Waals surface area contributed by atoms with Crippen molar-refractivity contribution in [3.05, 3.63) is 42.3 Å². The molecule has 5 rings (SSSR count). The third-order valence-corrected chi connectivity index (χ3v) is 6.96. The summed E-state index contributed by atoms with van der Waals surface area (Å²) in [4.78, 5) is 29.3. The molecule has 1 atom stereocenters. The van der Waals surface area contributed by atoms with Crippen LogP contribution in [0.2, 0.25) is 0 Å². The van der Waals surface area contributed by atoms with Gasteiger partial charge in [0.15, 0.2) is 17.1 Å². The van der Waals surface area contributed by atoms with Gasteiger partial charge in [-0.3, -0.25) is 14.5 Å². The first kappa shape index (κ1) is 24.7. The number of aromatic nitrogens is 1. The lowest BCUT2D eigenvalue weighted by Crippen LogP contribution is -2.65. The average molecular weight is 482 g/mol. The summed E-state index contributed by atoms with van der Waals surface area (Å²) in [6.07, 6.45) is 6.95. The number of anilines is 1. The van der Waals surface area contributed by atoms with Gasteiger partial charge in [0, 0.05) is 29.9 Å². The van der Waals surface area contributed by atoms with Crippen LogP contribution in [-0.2, 0) is 11.3 Å². The lowest BCUT2D eigenvalue weighted by molar-refractivity contribution is -0.127. The first-order valence-electron chi connectivity index (χ1n) is 12.4. The van der Waals surface area contributed by atoms with Gasteiger partial charge in [-0.15, -0.1) is 0 Å². The summed E-state index contributed by atoms with van der Waals surface area (Å²) in [5.41, 5.74) is 1.35. The molecule has 1 aliphatic heterocycles. The molecule has 1 saturated carbocycles. The van der Waals surface area contributed by atoms with Crippen molar-refractivity contribution in [1.82, 2.24) is 9.88 Å². The Hall–Kier alpha value is -3.42. The first-order chi connectivity index (χ1) is 17.0. The third-order valence-electron chi connectivity index (χ3n) is 6.96. The maximum Gasteiger partial charge on any atom is 0.276 e. The van der Waals surface area contributed by atoms with E-state index in [2.05, 4.69) is 5.32 Å². The van der Waals surface area contributed by atoms with E-state index in [4.69, 9.17) is 13.9 Å². The predicted octanol–water partition coefficient (Wildman–Crippen LogP) is 5.15. The lowest BCUT2D eigenvalue weighted by Gasteiger charge is -2.44. The third kappa shape index (κ3) is 4.26. The molecule has 8 heteroatoms. The van der Waals surface area contributed by atoms with Crippen LogP contribution < -0.4 is 19.7 Å². The monoisotopic (exact) mass is 481 g/mol. The number of fused-ring (bicyclic) bond motifs is 3. The van der Waals surface area contributed by atoms with Gasteiger partial charge in [0.25, 0.3) is 5.91 Å². The zero-order valence-corrected chi connectivity index (χ0v) is 21.2. The number of hydrogen-bond donors (Lipinski definition) is 1. The van der Waals surface area contributed by atoms with E-state index in [9.17, 15) is 9.59 Å². The van der Waals surface area contributed by atoms with Gasteiger partial charge in [-0.1, -0.05) is 33.1 Å². The van der Waals surface area contributed by atoms with E-state index in [0.717, 1.165) is 31.2 Å². The van der Waals surface area contributed by atoms with E-state index >= 15 is 0 Å². The Kier molecular flexibility index (Phi) is 7.10. The number of carbonyl (C=O) groups is 2.